The van der Waals surface area contributed by atoms with Crippen LogP contribution in [0.15, 0.2) is 83.5 Å². The molecule has 4 atom stereocenters. The lowest BCUT2D eigenvalue weighted by atomic mass is 9.71. The van der Waals surface area contributed by atoms with E-state index >= 15 is 4.39 Å². The summed E-state index contributed by atoms with van der Waals surface area (Å²) in [7, 11) is 4.06. The number of quaternary nitrogens is 1. The summed E-state index contributed by atoms with van der Waals surface area (Å²) in [6.45, 7) is 6.26. The fourth-order valence-electron chi connectivity index (χ4n) is 6.01. The molecule has 0 saturated heterocycles. The summed E-state index contributed by atoms with van der Waals surface area (Å²) in [6.07, 6.45) is 6.14. The lowest BCUT2D eigenvalue weighted by Crippen LogP contribution is -2.32. The van der Waals surface area contributed by atoms with Gasteiger partial charge in [0.25, 0.3) is 5.91 Å². The standard InChI is InChI=1S/C33H38ClFN2O3/c1-6-7-26(22-8-10-24(11-9-22)33(40)36-17-16-29(38)39)30(23-12-14-25(34)15-13-23)28-19-37(4,5)32-27(28)18-20(2)21(3)31(32)35/h8-15,18-21,26,30H,6-7,16-17H2,1-5H3,(H-,36,38,39,40)/p+1. The van der Waals surface area contributed by atoms with E-state index in [4.69, 9.17) is 16.7 Å². The Labute approximate surface area is 241 Å². The first-order valence-corrected chi connectivity index (χ1v) is 14.4. The highest BCUT2D eigenvalue weighted by molar-refractivity contribution is 6.30. The highest BCUT2D eigenvalue weighted by Crippen LogP contribution is 2.53. The summed E-state index contributed by atoms with van der Waals surface area (Å²) in [4.78, 5) is 23.4. The number of aliphatic carboxylic acids is 1. The normalized spacial score (nSPS) is 21.3. The SMILES string of the molecule is CCCC(c1ccc(C(=O)NCCC(=O)O)cc1)C(C1=C[N+](C)(C)C2=C(F)C(C)C(C)C=C12)c1ccc(Cl)cc1. The van der Waals surface area contributed by atoms with Crippen LogP contribution in [0, 0.1) is 11.8 Å². The van der Waals surface area contributed by atoms with Crippen LogP contribution in [-0.2, 0) is 4.79 Å². The molecule has 0 bridgehead atoms. The Balaban J connectivity index is 1.78. The second kappa shape index (κ2) is 12.1. The number of carbonyl (C=O) groups is 2. The lowest BCUT2D eigenvalue weighted by Gasteiger charge is -2.31. The molecule has 0 spiro atoms. The second-order valence-corrected chi connectivity index (χ2v) is 11.9. The van der Waals surface area contributed by atoms with Gasteiger partial charge in [-0.05, 0) is 53.6 Å². The Kier molecular flexibility index (Phi) is 9.01. The highest BCUT2D eigenvalue weighted by Gasteiger charge is 2.46. The van der Waals surface area contributed by atoms with Crippen molar-refractivity contribution in [1.82, 2.24) is 5.32 Å². The molecule has 4 rings (SSSR count). The van der Waals surface area contributed by atoms with E-state index in [9.17, 15) is 9.59 Å². The van der Waals surface area contributed by atoms with Gasteiger partial charge in [-0.25, -0.2) is 4.39 Å². The third-order valence-electron chi connectivity index (χ3n) is 8.24. The van der Waals surface area contributed by atoms with E-state index in [1.165, 1.54) is 0 Å². The van der Waals surface area contributed by atoms with E-state index in [-0.39, 0.29) is 48.4 Å². The first-order valence-electron chi connectivity index (χ1n) is 14.0. The second-order valence-electron chi connectivity index (χ2n) is 11.5. The Bertz CT molecular complexity index is 1360. The summed E-state index contributed by atoms with van der Waals surface area (Å²) < 4.78 is 16.1. The van der Waals surface area contributed by atoms with Gasteiger partial charge in [0.05, 0.1) is 20.5 Å². The first kappa shape index (κ1) is 29.8. The maximum Gasteiger partial charge on any atom is 0.305 e. The fraction of sp³-hybridized carbons (Fsp3) is 0.394. The number of rotatable bonds is 10. The first-order chi connectivity index (χ1) is 18.9. The van der Waals surface area contributed by atoms with Crippen molar-refractivity contribution in [2.24, 2.45) is 11.8 Å². The minimum Gasteiger partial charge on any atom is -0.481 e. The Morgan fingerprint density at radius 3 is 2.27 bits per heavy atom. The van der Waals surface area contributed by atoms with Crippen LogP contribution in [0.1, 0.15) is 73.4 Å². The monoisotopic (exact) mass is 565 g/mol. The third kappa shape index (κ3) is 6.08. The number of likely N-dealkylation sites (N-methyl/N-ethyl adjacent to an activating group) is 1. The zero-order valence-corrected chi connectivity index (χ0v) is 24.6. The summed E-state index contributed by atoms with van der Waals surface area (Å²) in [6, 6.07) is 15.5. The van der Waals surface area contributed by atoms with Crippen LogP contribution in [-0.4, -0.2) is 42.1 Å². The van der Waals surface area contributed by atoms with Crippen molar-refractivity contribution in [1.29, 1.82) is 0 Å². The number of amides is 1. The number of carboxylic acid groups (broad SMARTS) is 1. The van der Waals surface area contributed by atoms with E-state index in [1.807, 2.05) is 45.3 Å². The predicted molar refractivity (Wildman–Crippen MR) is 158 cm³/mol. The molecule has 0 aromatic heterocycles. The van der Waals surface area contributed by atoms with Crippen molar-refractivity contribution < 1.29 is 23.6 Å². The average Bonchev–Trinajstić information content (AvgIpc) is 3.17. The zero-order chi connectivity index (χ0) is 29.2. The van der Waals surface area contributed by atoms with Gasteiger partial charge >= 0.3 is 5.97 Å². The highest BCUT2D eigenvalue weighted by atomic mass is 35.5. The van der Waals surface area contributed by atoms with Crippen LogP contribution in [0.2, 0.25) is 5.02 Å². The van der Waals surface area contributed by atoms with Gasteiger partial charge in [0.1, 0.15) is 6.20 Å². The van der Waals surface area contributed by atoms with Crippen LogP contribution in [0.3, 0.4) is 0 Å². The van der Waals surface area contributed by atoms with E-state index in [0.717, 1.165) is 40.8 Å². The fourth-order valence-corrected chi connectivity index (χ4v) is 6.14. The van der Waals surface area contributed by atoms with Crippen LogP contribution >= 0.6 is 11.6 Å². The molecule has 1 amide bonds. The number of nitrogens with one attached hydrogen (secondary N) is 1. The van der Waals surface area contributed by atoms with Crippen LogP contribution in [0.4, 0.5) is 4.39 Å². The van der Waals surface area contributed by atoms with E-state index < -0.39 is 5.97 Å². The number of fused-ring (bicyclic) bond motifs is 1. The molecule has 0 fully saturated rings. The lowest BCUT2D eigenvalue weighted by molar-refractivity contribution is -0.793. The molecule has 40 heavy (non-hydrogen) atoms. The number of hydrogen-bond donors (Lipinski definition) is 2. The maximum atomic E-state index is 15.8. The molecule has 1 heterocycles. The molecular formula is C33H39ClFN2O3+. The number of hydrogen-bond acceptors (Lipinski definition) is 2. The van der Waals surface area contributed by atoms with Gasteiger partial charge in [-0.1, -0.05) is 69.1 Å². The van der Waals surface area contributed by atoms with Crippen molar-refractivity contribution in [2.45, 2.75) is 51.9 Å². The molecular weight excluding hydrogens is 527 g/mol. The van der Waals surface area contributed by atoms with E-state index in [0.29, 0.717) is 15.1 Å². The molecule has 212 valence electrons. The summed E-state index contributed by atoms with van der Waals surface area (Å²) in [5.74, 6) is -1.37. The smallest absolute Gasteiger partial charge is 0.305 e. The van der Waals surface area contributed by atoms with E-state index in [2.05, 4.69) is 43.6 Å². The topological polar surface area (TPSA) is 66.4 Å². The average molecular weight is 566 g/mol. The number of carboxylic acids is 1. The quantitative estimate of drug-likeness (QED) is 0.292. The van der Waals surface area contributed by atoms with Gasteiger partial charge in [0, 0.05) is 40.1 Å². The van der Waals surface area contributed by atoms with Crippen molar-refractivity contribution in [2.75, 3.05) is 20.6 Å². The molecule has 0 radical (unpaired) electrons. The molecule has 4 unspecified atom stereocenters. The van der Waals surface area contributed by atoms with Crippen molar-refractivity contribution in [3.05, 3.63) is 105 Å². The third-order valence-corrected chi connectivity index (χ3v) is 8.49. The van der Waals surface area contributed by atoms with Gasteiger partial charge in [-0.15, -0.1) is 0 Å². The van der Waals surface area contributed by atoms with Gasteiger partial charge in [-0.3, -0.25) is 14.1 Å². The summed E-state index contributed by atoms with van der Waals surface area (Å²) in [5, 5.41) is 12.2. The molecule has 1 aliphatic carbocycles. The van der Waals surface area contributed by atoms with E-state index in [1.54, 1.807) is 12.1 Å². The maximum absolute atomic E-state index is 15.8. The summed E-state index contributed by atoms with van der Waals surface area (Å²) >= 11 is 6.29. The zero-order valence-electron chi connectivity index (χ0n) is 23.9. The number of halogens is 2. The van der Waals surface area contributed by atoms with Crippen LogP contribution in [0.25, 0.3) is 0 Å². The Morgan fingerprint density at radius 1 is 1.05 bits per heavy atom. The Hall–Kier alpha value is -3.22. The van der Waals surface area contributed by atoms with Crippen LogP contribution < -0.4 is 5.32 Å². The van der Waals surface area contributed by atoms with Crippen molar-refractivity contribution in [3.63, 3.8) is 0 Å². The Morgan fingerprint density at radius 2 is 1.68 bits per heavy atom. The van der Waals surface area contributed by atoms with Crippen LogP contribution in [0.5, 0.6) is 0 Å². The largest absolute Gasteiger partial charge is 0.481 e. The molecule has 2 aliphatic rings. The predicted octanol–water partition coefficient (Wildman–Crippen LogP) is 7.58. The molecule has 5 nitrogen and oxygen atoms in total. The molecule has 2 aromatic rings. The minimum atomic E-state index is -0.955. The van der Waals surface area contributed by atoms with Crippen molar-refractivity contribution >= 4 is 23.5 Å². The molecule has 7 heteroatoms. The number of carbonyl (C=O) groups excluding carboxylic acids is 1. The van der Waals surface area contributed by atoms with Gasteiger partial charge in [0.15, 0.2) is 11.5 Å². The number of allylic oxidation sites excluding steroid dienone is 3. The molecule has 2 aromatic carbocycles. The molecule has 1 aliphatic heterocycles. The number of benzene rings is 2. The van der Waals surface area contributed by atoms with Gasteiger partial charge in [0.2, 0.25) is 0 Å². The molecule has 0 saturated carbocycles. The molecule has 2 N–H and O–H groups in total. The minimum absolute atomic E-state index is 0.0404. The van der Waals surface area contributed by atoms with Crippen molar-refractivity contribution in [3.8, 4) is 0 Å². The van der Waals surface area contributed by atoms with Gasteiger partial charge < -0.3 is 10.4 Å². The number of nitrogens with zero attached hydrogens (tertiary/aromatic N) is 1. The summed E-state index contributed by atoms with van der Waals surface area (Å²) in [5.41, 5.74) is 5.52. The van der Waals surface area contributed by atoms with Gasteiger partial charge in [-0.2, -0.15) is 0 Å².